The van der Waals surface area contributed by atoms with Crippen LogP contribution in [0.1, 0.15) is 15.9 Å². The van der Waals surface area contributed by atoms with Gasteiger partial charge in [0.25, 0.3) is 0 Å². The Labute approximate surface area is 68.0 Å². The number of hydrogen-bond donors (Lipinski definition) is 0. The van der Waals surface area contributed by atoms with E-state index in [4.69, 9.17) is 6.42 Å². The molecule has 0 unspecified atom stereocenters. The lowest BCUT2D eigenvalue weighted by Crippen LogP contribution is -1.92. The van der Waals surface area contributed by atoms with E-state index in [2.05, 4.69) is 5.92 Å². The van der Waals surface area contributed by atoms with Crippen LogP contribution in [0.4, 0.5) is 8.78 Å². The van der Waals surface area contributed by atoms with Gasteiger partial charge in [0.1, 0.15) is 0 Å². The molecule has 0 atom stereocenters. The van der Waals surface area contributed by atoms with Crippen molar-refractivity contribution in [2.24, 2.45) is 0 Å². The Balaban J connectivity index is 3.41. The number of carbonyl (C=O) groups is 1. The fourth-order valence-electron chi connectivity index (χ4n) is 0.785. The van der Waals surface area contributed by atoms with Crippen LogP contribution in [0, 0.1) is 24.0 Å². The molecule has 0 saturated heterocycles. The first-order valence-electron chi connectivity index (χ1n) is 3.10. The topological polar surface area (TPSA) is 17.1 Å². The lowest BCUT2D eigenvalue weighted by molar-refractivity contribution is 0.112. The van der Waals surface area contributed by atoms with Crippen LogP contribution in [0.15, 0.2) is 12.1 Å². The van der Waals surface area contributed by atoms with Crippen LogP contribution in [0.3, 0.4) is 0 Å². The predicted molar refractivity (Wildman–Crippen MR) is 39.7 cm³/mol. The highest BCUT2D eigenvalue weighted by atomic mass is 19.2. The van der Waals surface area contributed by atoms with E-state index in [0.717, 1.165) is 12.1 Å². The fourth-order valence-corrected chi connectivity index (χ4v) is 0.785. The first kappa shape index (κ1) is 8.41. The standard InChI is InChI=1S/C9H4F2O/c1-2-6-3-8(10)9(11)4-7(6)5-12/h1,3-5H. The summed E-state index contributed by atoms with van der Waals surface area (Å²) in [7, 11) is 0. The Kier molecular flexibility index (Phi) is 2.20. The van der Waals surface area contributed by atoms with E-state index in [9.17, 15) is 13.6 Å². The fraction of sp³-hybridized carbons (Fsp3) is 0. The van der Waals surface area contributed by atoms with Crippen molar-refractivity contribution >= 4 is 6.29 Å². The Morgan fingerprint density at radius 1 is 1.33 bits per heavy atom. The van der Waals surface area contributed by atoms with E-state index in [1.165, 1.54) is 0 Å². The van der Waals surface area contributed by atoms with Crippen molar-refractivity contribution in [2.75, 3.05) is 0 Å². The molecular formula is C9H4F2O. The molecule has 1 nitrogen and oxygen atoms in total. The third kappa shape index (κ3) is 1.32. The van der Waals surface area contributed by atoms with Crippen molar-refractivity contribution in [1.29, 1.82) is 0 Å². The number of carbonyl (C=O) groups excluding carboxylic acids is 1. The summed E-state index contributed by atoms with van der Waals surface area (Å²) in [6.45, 7) is 0. The molecule has 3 heteroatoms. The second-order valence-electron chi connectivity index (χ2n) is 2.12. The molecule has 1 aromatic carbocycles. The second-order valence-corrected chi connectivity index (χ2v) is 2.12. The molecule has 0 aliphatic heterocycles. The molecule has 1 aromatic rings. The van der Waals surface area contributed by atoms with E-state index in [-0.39, 0.29) is 11.1 Å². The summed E-state index contributed by atoms with van der Waals surface area (Å²) < 4.78 is 25.0. The number of rotatable bonds is 1. The van der Waals surface area contributed by atoms with Crippen molar-refractivity contribution in [3.05, 3.63) is 34.9 Å². The number of terminal acetylenes is 1. The number of aldehydes is 1. The van der Waals surface area contributed by atoms with Crippen molar-refractivity contribution in [3.8, 4) is 12.3 Å². The van der Waals surface area contributed by atoms with E-state index < -0.39 is 11.6 Å². The van der Waals surface area contributed by atoms with Gasteiger partial charge in [-0.1, -0.05) is 5.92 Å². The Morgan fingerprint density at radius 3 is 2.42 bits per heavy atom. The third-order valence-electron chi connectivity index (χ3n) is 1.37. The molecule has 1 rings (SSSR count). The van der Waals surface area contributed by atoms with Gasteiger partial charge in [0.2, 0.25) is 0 Å². The number of benzene rings is 1. The summed E-state index contributed by atoms with van der Waals surface area (Å²) in [6.07, 6.45) is 5.33. The molecule has 0 amide bonds. The molecule has 0 aromatic heterocycles. The molecule has 0 radical (unpaired) electrons. The van der Waals surface area contributed by atoms with Gasteiger partial charge in [-0.25, -0.2) is 8.78 Å². The van der Waals surface area contributed by atoms with Crippen molar-refractivity contribution in [2.45, 2.75) is 0 Å². The molecule has 0 fully saturated rings. The summed E-state index contributed by atoms with van der Waals surface area (Å²) in [4.78, 5) is 10.3. The van der Waals surface area contributed by atoms with Crippen molar-refractivity contribution in [1.82, 2.24) is 0 Å². The Hall–Kier alpha value is -1.69. The van der Waals surface area contributed by atoms with Crippen LogP contribution >= 0.6 is 0 Å². The molecule has 12 heavy (non-hydrogen) atoms. The second kappa shape index (κ2) is 3.14. The average Bonchev–Trinajstić information content (AvgIpc) is 2.09. The predicted octanol–water partition coefficient (Wildman–Crippen LogP) is 1.76. The van der Waals surface area contributed by atoms with Crippen LogP contribution in [-0.2, 0) is 0 Å². The molecule has 0 aliphatic carbocycles. The van der Waals surface area contributed by atoms with E-state index in [1.54, 1.807) is 0 Å². The smallest absolute Gasteiger partial charge is 0.160 e. The maximum Gasteiger partial charge on any atom is 0.160 e. The molecule has 0 spiro atoms. The number of halogens is 2. The maximum absolute atomic E-state index is 12.5. The first-order valence-corrected chi connectivity index (χ1v) is 3.10. The molecule has 0 bridgehead atoms. The van der Waals surface area contributed by atoms with Crippen LogP contribution in [0.25, 0.3) is 0 Å². The quantitative estimate of drug-likeness (QED) is 0.459. The third-order valence-corrected chi connectivity index (χ3v) is 1.37. The van der Waals surface area contributed by atoms with Crippen molar-refractivity contribution in [3.63, 3.8) is 0 Å². The highest BCUT2D eigenvalue weighted by Gasteiger charge is 2.06. The maximum atomic E-state index is 12.5. The summed E-state index contributed by atoms with van der Waals surface area (Å²) in [6, 6.07) is 1.59. The summed E-state index contributed by atoms with van der Waals surface area (Å²) >= 11 is 0. The highest BCUT2D eigenvalue weighted by Crippen LogP contribution is 2.12. The minimum Gasteiger partial charge on any atom is -0.298 e. The summed E-state index contributed by atoms with van der Waals surface area (Å²) in [5.74, 6) is -0.0441. The van der Waals surface area contributed by atoms with Crippen LogP contribution in [-0.4, -0.2) is 6.29 Å². The zero-order valence-corrected chi connectivity index (χ0v) is 5.97. The monoisotopic (exact) mass is 166 g/mol. The van der Waals surface area contributed by atoms with Gasteiger partial charge in [-0.05, 0) is 12.1 Å². The lowest BCUT2D eigenvalue weighted by atomic mass is 10.1. The molecule has 0 N–H and O–H groups in total. The van der Waals surface area contributed by atoms with Gasteiger partial charge in [0.05, 0.1) is 0 Å². The zero-order chi connectivity index (χ0) is 9.14. The van der Waals surface area contributed by atoms with Gasteiger partial charge in [-0.15, -0.1) is 6.42 Å². The van der Waals surface area contributed by atoms with Crippen LogP contribution in [0.2, 0.25) is 0 Å². The molecular weight excluding hydrogens is 162 g/mol. The summed E-state index contributed by atoms with van der Waals surface area (Å²) in [5.41, 5.74) is 0.0419. The highest BCUT2D eigenvalue weighted by molar-refractivity contribution is 5.79. The minimum atomic E-state index is -1.07. The molecule has 0 heterocycles. The zero-order valence-electron chi connectivity index (χ0n) is 5.97. The van der Waals surface area contributed by atoms with E-state index in [0.29, 0.717) is 6.29 Å². The Bertz CT molecular complexity index is 364. The molecule has 0 aliphatic rings. The minimum absolute atomic E-state index is 0.0172. The van der Waals surface area contributed by atoms with Gasteiger partial charge >= 0.3 is 0 Å². The largest absolute Gasteiger partial charge is 0.298 e. The van der Waals surface area contributed by atoms with E-state index >= 15 is 0 Å². The van der Waals surface area contributed by atoms with Crippen LogP contribution in [0.5, 0.6) is 0 Å². The Morgan fingerprint density at radius 2 is 1.92 bits per heavy atom. The molecule has 0 saturated carbocycles. The summed E-state index contributed by atoms with van der Waals surface area (Å²) in [5, 5.41) is 0. The van der Waals surface area contributed by atoms with Crippen LogP contribution < -0.4 is 0 Å². The van der Waals surface area contributed by atoms with Gasteiger partial charge in [0.15, 0.2) is 17.9 Å². The van der Waals surface area contributed by atoms with Crippen molar-refractivity contribution < 1.29 is 13.6 Å². The average molecular weight is 166 g/mol. The SMILES string of the molecule is C#Cc1cc(F)c(F)cc1C=O. The van der Waals surface area contributed by atoms with Gasteiger partial charge in [0, 0.05) is 11.1 Å². The normalized spacial score (nSPS) is 9.08. The van der Waals surface area contributed by atoms with Gasteiger partial charge < -0.3 is 0 Å². The van der Waals surface area contributed by atoms with Gasteiger partial charge in [-0.2, -0.15) is 0 Å². The first-order chi connectivity index (χ1) is 5.69. The molecule has 60 valence electrons. The van der Waals surface area contributed by atoms with Gasteiger partial charge in [-0.3, -0.25) is 4.79 Å². The lowest BCUT2D eigenvalue weighted by Gasteiger charge is -1.97. The van der Waals surface area contributed by atoms with E-state index in [1.807, 2.05) is 0 Å². The number of hydrogen-bond acceptors (Lipinski definition) is 1.